The summed E-state index contributed by atoms with van der Waals surface area (Å²) in [6.45, 7) is 0.778. The Bertz CT molecular complexity index is 607. The second-order valence-corrected chi connectivity index (χ2v) is 5.25. The van der Waals surface area contributed by atoms with Crippen LogP contribution in [0.4, 0.5) is 13.2 Å². The lowest BCUT2D eigenvalue weighted by molar-refractivity contribution is -0.140. The number of guanidine groups is 1. The summed E-state index contributed by atoms with van der Waals surface area (Å²) < 4.78 is 42.5. The molecule has 2 heterocycles. The largest absolute Gasteiger partial charge is 0.469 e. The number of halogens is 3. The zero-order valence-electron chi connectivity index (χ0n) is 11.8. The first kappa shape index (κ1) is 16.3. The molecule has 22 heavy (non-hydrogen) atoms. The smallest absolute Gasteiger partial charge is 0.434 e. The molecular weight excluding hydrogens is 317 g/mol. The third-order valence-corrected chi connectivity index (χ3v) is 3.57. The average Bonchev–Trinajstić information content (AvgIpc) is 3.13. The van der Waals surface area contributed by atoms with E-state index in [-0.39, 0.29) is 6.54 Å². The first-order chi connectivity index (χ1) is 10.5. The van der Waals surface area contributed by atoms with Crippen molar-refractivity contribution in [2.45, 2.75) is 19.1 Å². The number of rotatable bonds is 5. The summed E-state index contributed by atoms with van der Waals surface area (Å²) in [6, 6.07) is 3.68. The van der Waals surface area contributed by atoms with Gasteiger partial charge in [0.2, 0.25) is 0 Å². The fourth-order valence-corrected chi connectivity index (χ4v) is 2.40. The zero-order valence-corrected chi connectivity index (χ0v) is 12.6. The topological polar surface area (TPSA) is 62.5 Å². The van der Waals surface area contributed by atoms with E-state index >= 15 is 0 Å². The van der Waals surface area contributed by atoms with Crippen molar-refractivity contribution in [3.8, 4) is 0 Å². The molecule has 0 aliphatic carbocycles. The van der Waals surface area contributed by atoms with Gasteiger partial charge in [-0.1, -0.05) is 0 Å². The molecule has 120 valence electrons. The Kier molecular flexibility index (Phi) is 5.42. The van der Waals surface area contributed by atoms with Crippen molar-refractivity contribution in [2.75, 3.05) is 13.6 Å². The van der Waals surface area contributed by atoms with Crippen LogP contribution in [0.5, 0.6) is 0 Å². The van der Waals surface area contributed by atoms with Gasteiger partial charge in [-0.15, -0.1) is 11.3 Å². The predicted octanol–water partition coefficient (Wildman–Crippen LogP) is 2.66. The number of hydrogen-bond acceptors (Lipinski definition) is 4. The number of aliphatic imine (C=N–C) groups is 1. The number of furan rings is 1. The molecule has 0 radical (unpaired) electrons. The lowest BCUT2D eigenvalue weighted by atomic mass is 10.3. The molecular formula is C13H15F3N4OS. The fourth-order valence-electron chi connectivity index (χ4n) is 1.66. The summed E-state index contributed by atoms with van der Waals surface area (Å²) in [5, 5.41) is 7.32. The van der Waals surface area contributed by atoms with Gasteiger partial charge in [-0.2, -0.15) is 13.2 Å². The first-order valence-electron chi connectivity index (χ1n) is 6.47. The van der Waals surface area contributed by atoms with E-state index in [0.717, 1.165) is 22.5 Å². The molecule has 0 saturated heterocycles. The van der Waals surface area contributed by atoms with Crippen LogP contribution in [0.3, 0.4) is 0 Å². The van der Waals surface area contributed by atoms with E-state index in [4.69, 9.17) is 4.42 Å². The maximum absolute atomic E-state index is 12.4. The Balaban J connectivity index is 1.77. The maximum atomic E-state index is 12.4. The quantitative estimate of drug-likeness (QED) is 0.653. The third kappa shape index (κ3) is 4.76. The van der Waals surface area contributed by atoms with Crippen LogP contribution >= 0.6 is 11.3 Å². The highest BCUT2D eigenvalue weighted by Gasteiger charge is 2.33. The minimum atomic E-state index is -4.41. The summed E-state index contributed by atoms with van der Waals surface area (Å²) in [7, 11) is 1.59. The SMILES string of the molecule is CN=C(NCCc1ccco1)NCc1nc(C(F)(F)F)cs1. The molecule has 0 fully saturated rings. The molecule has 0 atom stereocenters. The Hall–Kier alpha value is -2.03. The molecule has 0 saturated carbocycles. The van der Waals surface area contributed by atoms with E-state index in [1.165, 1.54) is 0 Å². The van der Waals surface area contributed by atoms with Gasteiger partial charge >= 0.3 is 6.18 Å². The standard InChI is InChI=1S/C13H15F3N4OS/c1-17-12(18-5-4-9-3-2-6-21-9)19-7-11-20-10(8-22-11)13(14,15)16/h2-3,6,8H,4-5,7H2,1H3,(H2,17,18,19). The van der Waals surface area contributed by atoms with Crippen LogP contribution in [0.2, 0.25) is 0 Å². The van der Waals surface area contributed by atoms with E-state index < -0.39 is 11.9 Å². The number of hydrogen-bond donors (Lipinski definition) is 2. The van der Waals surface area contributed by atoms with Gasteiger partial charge in [0.15, 0.2) is 11.7 Å². The molecule has 0 unspecified atom stereocenters. The van der Waals surface area contributed by atoms with Crippen LogP contribution in [0.25, 0.3) is 0 Å². The van der Waals surface area contributed by atoms with Crippen LogP contribution in [-0.4, -0.2) is 24.5 Å². The Labute approximate surface area is 129 Å². The summed E-state index contributed by atoms with van der Waals surface area (Å²) in [5.74, 6) is 1.34. The molecule has 5 nitrogen and oxygen atoms in total. The Morgan fingerprint density at radius 1 is 1.41 bits per heavy atom. The van der Waals surface area contributed by atoms with Crippen molar-refractivity contribution in [3.63, 3.8) is 0 Å². The van der Waals surface area contributed by atoms with Crippen molar-refractivity contribution in [2.24, 2.45) is 4.99 Å². The van der Waals surface area contributed by atoms with E-state index in [1.807, 2.05) is 12.1 Å². The van der Waals surface area contributed by atoms with Gasteiger partial charge in [0.05, 0.1) is 12.8 Å². The van der Waals surface area contributed by atoms with Gasteiger partial charge in [0.1, 0.15) is 10.8 Å². The molecule has 2 N–H and O–H groups in total. The highest BCUT2D eigenvalue weighted by molar-refractivity contribution is 7.09. The zero-order chi connectivity index (χ0) is 16.0. The maximum Gasteiger partial charge on any atom is 0.434 e. The molecule has 2 aromatic heterocycles. The van der Waals surface area contributed by atoms with Crippen molar-refractivity contribution in [3.05, 3.63) is 40.2 Å². The van der Waals surface area contributed by atoms with Crippen LogP contribution in [-0.2, 0) is 19.1 Å². The van der Waals surface area contributed by atoms with E-state index in [0.29, 0.717) is 23.9 Å². The highest BCUT2D eigenvalue weighted by atomic mass is 32.1. The van der Waals surface area contributed by atoms with E-state index in [1.54, 1.807) is 13.3 Å². The van der Waals surface area contributed by atoms with Gasteiger partial charge in [-0.05, 0) is 12.1 Å². The summed E-state index contributed by atoms with van der Waals surface area (Å²) in [6.07, 6.45) is -2.12. The minimum Gasteiger partial charge on any atom is -0.469 e. The molecule has 0 bridgehead atoms. The van der Waals surface area contributed by atoms with Crippen molar-refractivity contribution in [1.82, 2.24) is 15.6 Å². The van der Waals surface area contributed by atoms with E-state index in [2.05, 4.69) is 20.6 Å². The van der Waals surface area contributed by atoms with Crippen LogP contribution < -0.4 is 10.6 Å². The number of alkyl halides is 3. The normalized spacial score (nSPS) is 12.5. The highest BCUT2D eigenvalue weighted by Crippen LogP contribution is 2.29. The van der Waals surface area contributed by atoms with Gasteiger partial charge < -0.3 is 15.1 Å². The molecule has 2 aromatic rings. The summed E-state index contributed by atoms with van der Waals surface area (Å²) in [4.78, 5) is 7.54. The first-order valence-corrected chi connectivity index (χ1v) is 7.35. The molecule has 2 rings (SSSR count). The third-order valence-electron chi connectivity index (χ3n) is 2.72. The lowest BCUT2D eigenvalue weighted by Gasteiger charge is -2.10. The number of thiazole rings is 1. The van der Waals surface area contributed by atoms with Crippen molar-refractivity contribution in [1.29, 1.82) is 0 Å². The fraction of sp³-hybridized carbons (Fsp3) is 0.385. The molecule has 0 spiro atoms. The molecule has 0 aromatic carbocycles. The monoisotopic (exact) mass is 332 g/mol. The van der Waals surface area contributed by atoms with Gasteiger partial charge in [0, 0.05) is 25.4 Å². The van der Waals surface area contributed by atoms with Crippen LogP contribution in [0, 0.1) is 0 Å². The van der Waals surface area contributed by atoms with Crippen molar-refractivity contribution >= 4 is 17.3 Å². The number of aromatic nitrogens is 1. The Morgan fingerprint density at radius 2 is 2.23 bits per heavy atom. The Morgan fingerprint density at radius 3 is 2.82 bits per heavy atom. The van der Waals surface area contributed by atoms with Gasteiger partial charge in [-0.25, -0.2) is 4.98 Å². The predicted molar refractivity (Wildman–Crippen MR) is 77.7 cm³/mol. The van der Waals surface area contributed by atoms with Gasteiger partial charge in [-0.3, -0.25) is 4.99 Å². The van der Waals surface area contributed by atoms with E-state index in [9.17, 15) is 13.2 Å². The molecule has 0 amide bonds. The van der Waals surface area contributed by atoms with Crippen LogP contribution in [0.15, 0.2) is 33.2 Å². The number of nitrogens with one attached hydrogen (secondary N) is 2. The molecule has 9 heteroatoms. The summed E-state index contributed by atoms with van der Waals surface area (Å²) in [5.41, 5.74) is -0.866. The minimum absolute atomic E-state index is 0.182. The molecule has 0 aliphatic rings. The van der Waals surface area contributed by atoms with Gasteiger partial charge in [0.25, 0.3) is 0 Å². The lowest BCUT2D eigenvalue weighted by Crippen LogP contribution is -2.37. The summed E-state index contributed by atoms with van der Waals surface area (Å²) >= 11 is 0.959. The molecule has 0 aliphatic heterocycles. The van der Waals surface area contributed by atoms with Crippen LogP contribution in [0.1, 0.15) is 16.5 Å². The van der Waals surface area contributed by atoms with Crippen molar-refractivity contribution < 1.29 is 17.6 Å². The average molecular weight is 332 g/mol. The number of nitrogens with zero attached hydrogens (tertiary/aromatic N) is 2. The second-order valence-electron chi connectivity index (χ2n) is 4.31. The second kappa shape index (κ2) is 7.30.